The summed E-state index contributed by atoms with van der Waals surface area (Å²) in [5.41, 5.74) is 9.77. The summed E-state index contributed by atoms with van der Waals surface area (Å²) in [6.07, 6.45) is 4.91. The molecule has 88 valence electrons. The van der Waals surface area contributed by atoms with E-state index < -0.39 is 0 Å². The molecular formula is C13H20N2S. The van der Waals surface area contributed by atoms with Crippen LogP contribution in [-0.4, -0.2) is 10.2 Å². The van der Waals surface area contributed by atoms with Crippen molar-refractivity contribution in [2.45, 2.75) is 56.4 Å². The number of nitrogens with zero attached hydrogens (tertiary/aromatic N) is 1. The lowest BCUT2D eigenvalue weighted by molar-refractivity contribution is 0.656. The van der Waals surface area contributed by atoms with Crippen LogP contribution in [0.15, 0.2) is 11.1 Å². The van der Waals surface area contributed by atoms with Crippen LogP contribution in [0.4, 0.5) is 0 Å². The maximum atomic E-state index is 5.81. The van der Waals surface area contributed by atoms with E-state index in [2.05, 4.69) is 19.9 Å². The third-order valence-corrected chi connectivity index (χ3v) is 3.96. The highest BCUT2D eigenvalue weighted by molar-refractivity contribution is 7.99. The lowest BCUT2D eigenvalue weighted by Gasteiger charge is -2.18. The van der Waals surface area contributed by atoms with Crippen molar-refractivity contribution >= 4 is 11.8 Å². The molecule has 2 rings (SSSR count). The van der Waals surface area contributed by atoms with E-state index in [1.54, 1.807) is 0 Å². The lowest BCUT2D eigenvalue weighted by atomic mass is 9.95. The molecule has 0 amide bonds. The average Bonchev–Trinajstić information content (AvgIpc) is 2.27. The van der Waals surface area contributed by atoms with E-state index in [-0.39, 0.29) is 0 Å². The van der Waals surface area contributed by atoms with Crippen LogP contribution in [0, 0.1) is 0 Å². The minimum Gasteiger partial charge on any atom is -0.326 e. The molecule has 0 saturated carbocycles. The summed E-state index contributed by atoms with van der Waals surface area (Å²) >= 11 is 1.83. The SMILES string of the molecule is CC(C)Sc1nc2c(cc1CN)CCCC2. The Balaban J connectivity index is 2.35. The second-order valence-corrected chi connectivity index (χ2v) is 6.20. The zero-order chi connectivity index (χ0) is 11.5. The zero-order valence-corrected chi connectivity index (χ0v) is 10.9. The fraction of sp³-hybridized carbons (Fsp3) is 0.615. The molecular weight excluding hydrogens is 216 g/mol. The average molecular weight is 236 g/mol. The molecule has 1 aromatic rings. The Morgan fingerprint density at radius 3 is 2.81 bits per heavy atom. The number of pyridine rings is 1. The minimum absolute atomic E-state index is 0.569. The number of fused-ring (bicyclic) bond motifs is 1. The van der Waals surface area contributed by atoms with Crippen molar-refractivity contribution in [3.8, 4) is 0 Å². The van der Waals surface area contributed by atoms with Gasteiger partial charge in [0.2, 0.25) is 0 Å². The van der Waals surface area contributed by atoms with Crippen LogP contribution in [0.3, 0.4) is 0 Å². The van der Waals surface area contributed by atoms with Crippen molar-refractivity contribution in [1.29, 1.82) is 0 Å². The molecule has 0 saturated heterocycles. The molecule has 0 unspecified atom stereocenters. The molecule has 0 bridgehead atoms. The molecule has 0 fully saturated rings. The second kappa shape index (κ2) is 5.19. The Kier molecular flexibility index (Phi) is 3.87. The van der Waals surface area contributed by atoms with Gasteiger partial charge in [-0.15, -0.1) is 11.8 Å². The van der Waals surface area contributed by atoms with E-state index in [9.17, 15) is 0 Å². The van der Waals surface area contributed by atoms with Gasteiger partial charge in [0.15, 0.2) is 0 Å². The molecule has 16 heavy (non-hydrogen) atoms. The van der Waals surface area contributed by atoms with Crippen LogP contribution < -0.4 is 5.73 Å². The number of hydrogen-bond acceptors (Lipinski definition) is 3. The Morgan fingerprint density at radius 1 is 1.38 bits per heavy atom. The number of nitrogens with two attached hydrogens (primary N) is 1. The molecule has 1 heterocycles. The molecule has 0 aliphatic heterocycles. The van der Waals surface area contributed by atoms with E-state index in [1.165, 1.54) is 36.1 Å². The van der Waals surface area contributed by atoms with Gasteiger partial charge in [0.25, 0.3) is 0 Å². The van der Waals surface area contributed by atoms with Crippen molar-refractivity contribution < 1.29 is 0 Å². The smallest absolute Gasteiger partial charge is 0.101 e. The summed E-state index contributed by atoms with van der Waals surface area (Å²) in [7, 11) is 0. The van der Waals surface area contributed by atoms with E-state index in [4.69, 9.17) is 10.7 Å². The zero-order valence-electron chi connectivity index (χ0n) is 10.1. The van der Waals surface area contributed by atoms with Gasteiger partial charge in [-0.1, -0.05) is 19.9 Å². The molecule has 1 aliphatic carbocycles. The van der Waals surface area contributed by atoms with E-state index >= 15 is 0 Å². The molecule has 2 N–H and O–H groups in total. The summed E-state index contributed by atoms with van der Waals surface area (Å²) < 4.78 is 0. The van der Waals surface area contributed by atoms with Crippen LogP contribution in [-0.2, 0) is 19.4 Å². The number of aromatic nitrogens is 1. The monoisotopic (exact) mass is 236 g/mol. The first kappa shape index (κ1) is 11.9. The quantitative estimate of drug-likeness (QED) is 0.820. The Bertz CT molecular complexity index is 374. The Labute approximate surface area is 102 Å². The highest BCUT2D eigenvalue weighted by Crippen LogP contribution is 2.29. The first-order valence-corrected chi connectivity index (χ1v) is 6.97. The van der Waals surface area contributed by atoms with Gasteiger partial charge in [-0.25, -0.2) is 4.98 Å². The summed E-state index contributed by atoms with van der Waals surface area (Å²) in [5, 5.41) is 1.72. The highest BCUT2D eigenvalue weighted by Gasteiger charge is 2.15. The van der Waals surface area contributed by atoms with Gasteiger partial charge in [0.1, 0.15) is 5.03 Å². The summed E-state index contributed by atoms with van der Waals surface area (Å²) in [6.45, 7) is 5.01. The predicted octanol–water partition coefficient (Wildman–Crippen LogP) is 2.92. The van der Waals surface area contributed by atoms with Crippen LogP contribution in [0.2, 0.25) is 0 Å². The van der Waals surface area contributed by atoms with Crippen LogP contribution in [0.1, 0.15) is 43.5 Å². The molecule has 2 nitrogen and oxygen atoms in total. The normalized spacial score (nSPS) is 15.2. The third kappa shape index (κ3) is 2.58. The molecule has 0 spiro atoms. The van der Waals surface area contributed by atoms with Gasteiger partial charge in [0, 0.05) is 17.5 Å². The fourth-order valence-electron chi connectivity index (χ4n) is 2.13. The molecule has 1 aliphatic rings. The van der Waals surface area contributed by atoms with E-state index in [0.717, 1.165) is 11.4 Å². The van der Waals surface area contributed by atoms with Crippen molar-refractivity contribution in [2.75, 3.05) is 0 Å². The second-order valence-electron chi connectivity index (χ2n) is 4.64. The molecule has 0 radical (unpaired) electrons. The van der Waals surface area contributed by atoms with Gasteiger partial charge < -0.3 is 5.73 Å². The fourth-order valence-corrected chi connectivity index (χ4v) is 3.04. The Morgan fingerprint density at radius 2 is 2.12 bits per heavy atom. The lowest BCUT2D eigenvalue weighted by Crippen LogP contribution is -2.10. The molecule has 0 atom stereocenters. The van der Waals surface area contributed by atoms with E-state index in [1.807, 2.05) is 11.8 Å². The van der Waals surface area contributed by atoms with Crippen LogP contribution in [0.5, 0.6) is 0 Å². The number of hydrogen-bond donors (Lipinski definition) is 1. The van der Waals surface area contributed by atoms with Crippen molar-refractivity contribution in [3.63, 3.8) is 0 Å². The topological polar surface area (TPSA) is 38.9 Å². The summed E-state index contributed by atoms with van der Waals surface area (Å²) in [6, 6.07) is 2.28. The molecule has 1 aromatic heterocycles. The van der Waals surface area contributed by atoms with Gasteiger partial charge in [0.05, 0.1) is 0 Å². The van der Waals surface area contributed by atoms with E-state index in [0.29, 0.717) is 11.8 Å². The van der Waals surface area contributed by atoms with Crippen molar-refractivity contribution in [2.24, 2.45) is 5.73 Å². The first-order valence-electron chi connectivity index (χ1n) is 6.09. The predicted molar refractivity (Wildman–Crippen MR) is 69.8 cm³/mol. The van der Waals surface area contributed by atoms with Crippen LogP contribution >= 0.6 is 11.8 Å². The van der Waals surface area contributed by atoms with Gasteiger partial charge in [-0.05, 0) is 36.8 Å². The van der Waals surface area contributed by atoms with Crippen molar-refractivity contribution in [1.82, 2.24) is 4.98 Å². The third-order valence-electron chi connectivity index (χ3n) is 2.91. The number of thioether (sulfide) groups is 1. The maximum absolute atomic E-state index is 5.81. The molecule has 0 aromatic carbocycles. The Hall–Kier alpha value is -0.540. The molecule has 3 heteroatoms. The van der Waals surface area contributed by atoms with Crippen LogP contribution in [0.25, 0.3) is 0 Å². The summed E-state index contributed by atoms with van der Waals surface area (Å²) in [5.74, 6) is 0. The first-order chi connectivity index (χ1) is 7.70. The highest BCUT2D eigenvalue weighted by atomic mass is 32.2. The summed E-state index contributed by atoms with van der Waals surface area (Å²) in [4.78, 5) is 4.81. The maximum Gasteiger partial charge on any atom is 0.101 e. The minimum atomic E-state index is 0.569. The van der Waals surface area contributed by atoms with Gasteiger partial charge >= 0.3 is 0 Å². The van der Waals surface area contributed by atoms with Gasteiger partial charge in [-0.2, -0.15) is 0 Å². The van der Waals surface area contributed by atoms with Gasteiger partial charge in [-0.3, -0.25) is 0 Å². The largest absolute Gasteiger partial charge is 0.326 e. The number of aryl methyl sites for hydroxylation is 2. The van der Waals surface area contributed by atoms with Crippen molar-refractivity contribution in [3.05, 3.63) is 22.9 Å². The standard InChI is InChI=1S/C13H20N2S/c1-9(2)16-13-11(8-14)7-10-5-3-4-6-12(10)15-13/h7,9H,3-6,8,14H2,1-2H3. The number of rotatable bonds is 3.